The number of anilines is 1. The van der Waals surface area contributed by atoms with E-state index in [0.29, 0.717) is 5.57 Å². The standard InChI is InChI=1S/C24H25N3O3S/c1-3-26-19-7-6-16-10-18(5-4-17(16)11-19)23-9-8-22(31-23)15(2)21(12-25)24(30)27-13-20(29)14-28/h4-11,20,26,28-29H,3,13-14H2,1-2H3,(H,27,30). The smallest absolute Gasteiger partial charge is 0.262 e. The summed E-state index contributed by atoms with van der Waals surface area (Å²) in [7, 11) is 0. The van der Waals surface area contributed by atoms with Crippen molar-refractivity contribution in [2.24, 2.45) is 0 Å². The minimum Gasteiger partial charge on any atom is -0.394 e. The number of hydrogen-bond acceptors (Lipinski definition) is 6. The molecule has 0 spiro atoms. The molecule has 0 radical (unpaired) electrons. The minimum absolute atomic E-state index is 0.00648. The highest BCUT2D eigenvalue weighted by Gasteiger charge is 2.16. The van der Waals surface area contributed by atoms with Gasteiger partial charge in [0.2, 0.25) is 0 Å². The molecule has 0 bridgehead atoms. The fraction of sp³-hybridized carbons (Fsp3) is 0.250. The van der Waals surface area contributed by atoms with E-state index in [-0.39, 0.29) is 12.1 Å². The summed E-state index contributed by atoms with van der Waals surface area (Å²) in [5.41, 5.74) is 2.73. The Balaban J connectivity index is 1.85. The molecule has 4 N–H and O–H groups in total. The minimum atomic E-state index is -1.06. The molecule has 1 aromatic heterocycles. The van der Waals surface area contributed by atoms with Gasteiger partial charge in [0.1, 0.15) is 11.6 Å². The first-order chi connectivity index (χ1) is 15.0. The van der Waals surface area contributed by atoms with Crippen molar-refractivity contribution < 1.29 is 15.0 Å². The van der Waals surface area contributed by atoms with Gasteiger partial charge in [-0.25, -0.2) is 0 Å². The lowest BCUT2D eigenvalue weighted by atomic mass is 10.1. The van der Waals surface area contributed by atoms with E-state index >= 15 is 0 Å². The normalized spacial score (nSPS) is 12.7. The molecule has 1 heterocycles. The summed E-state index contributed by atoms with van der Waals surface area (Å²) in [5.74, 6) is -0.565. The second kappa shape index (κ2) is 10.2. The van der Waals surface area contributed by atoms with Crippen molar-refractivity contribution in [2.45, 2.75) is 20.0 Å². The largest absolute Gasteiger partial charge is 0.394 e. The lowest BCUT2D eigenvalue weighted by molar-refractivity contribution is -0.117. The summed E-state index contributed by atoms with van der Waals surface area (Å²) < 4.78 is 0. The number of benzene rings is 2. The van der Waals surface area contributed by atoms with Crippen LogP contribution < -0.4 is 10.6 Å². The van der Waals surface area contributed by atoms with Crippen LogP contribution in [0.3, 0.4) is 0 Å². The monoisotopic (exact) mass is 435 g/mol. The van der Waals surface area contributed by atoms with Crippen LogP contribution in [0.2, 0.25) is 0 Å². The zero-order valence-electron chi connectivity index (χ0n) is 17.5. The van der Waals surface area contributed by atoms with Gasteiger partial charge in [-0.2, -0.15) is 5.26 Å². The molecular formula is C24H25N3O3S. The van der Waals surface area contributed by atoms with E-state index in [4.69, 9.17) is 5.11 Å². The number of aliphatic hydroxyl groups is 2. The number of hydrogen-bond donors (Lipinski definition) is 4. The van der Waals surface area contributed by atoms with Gasteiger partial charge in [-0.15, -0.1) is 11.3 Å². The lowest BCUT2D eigenvalue weighted by Crippen LogP contribution is -2.34. The Labute approximate surface area is 185 Å². The third kappa shape index (κ3) is 5.30. The predicted molar refractivity (Wildman–Crippen MR) is 126 cm³/mol. The maximum Gasteiger partial charge on any atom is 0.262 e. The molecule has 1 unspecified atom stereocenters. The maximum atomic E-state index is 12.3. The zero-order valence-corrected chi connectivity index (χ0v) is 18.3. The average Bonchev–Trinajstić information content (AvgIpc) is 3.28. The summed E-state index contributed by atoms with van der Waals surface area (Å²) in [6.45, 7) is 4.10. The molecule has 3 rings (SSSR count). The molecule has 0 saturated carbocycles. The maximum absolute atomic E-state index is 12.3. The summed E-state index contributed by atoms with van der Waals surface area (Å²) in [6, 6.07) is 18.4. The van der Waals surface area contributed by atoms with Crippen LogP contribution in [0.5, 0.6) is 0 Å². The van der Waals surface area contributed by atoms with Crippen LogP contribution in [0.25, 0.3) is 26.8 Å². The molecule has 0 aliphatic heterocycles. The molecule has 0 fully saturated rings. The van der Waals surface area contributed by atoms with E-state index in [1.165, 1.54) is 11.3 Å². The van der Waals surface area contributed by atoms with Crippen LogP contribution in [0.15, 0.2) is 54.1 Å². The topological polar surface area (TPSA) is 105 Å². The molecule has 7 heteroatoms. The van der Waals surface area contributed by atoms with Crippen LogP contribution in [0, 0.1) is 11.3 Å². The highest BCUT2D eigenvalue weighted by atomic mass is 32.1. The lowest BCUT2D eigenvalue weighted by Gasteiger charge is -2.09. The second-order valence-electron chi connectivity index (χ2n) is 7.13. The van der Waals surface area contributed by atoms with Crippen molar-refractivity contribution in [1.29, 1.82) is 5.26 Å². The third-order valence-corrected chi connectivity index (χ3v) is 6.16. The predicted octanol–water partition coefficient (Wildman–Crippen LogP) is 3.77. The average molecular weight is 436 g/mol. The van der Waals surface area contributed by atoms with E-state index in [2.05, 4.69) is 54.0 Å². The second-order valence-corrected chi connectivity index (χ2v) is 8.21. The first-order valence-electron chi connectivity index (χ1n) is 10.0. The van der Waals surface area contributed by atoms with Gasteiger partial charge in [0.25, 0.3) is 5.91 Å². The summed E-state index contributed by atoms with van der Waals surface area (Å²) >= 11 is 1.51. The first kappa shape index (κ1) is 22.5. The fourth-order valence-electron chi connectivity index (χ4n) is 3.20. The van der Waals surface area contributed by atoms with Gasteiger partial charge in [0, 0.05) is 28.5 Å². The zero-order chi connectivity index (χ0) is 22.4. The van der Waals surface area contributed by atoms with Crippen molar-refractivity contribution in [3.63, 3.8) is 0 Å². The van der Waals surface area contributed by atoms with Gasteiger partial charge in [-0.3, -0.25) is 4.79 Å². The van der Waals surface area contributed by atoms with Crippen molar-refractivity contribution in [3.05, 3.63) is 59.0 Å². The van der Waals surface area contributed by atoms with E-state index in [9.17, 15) is 15.2 Å². The molecule has 0 aliphatic rings. The number of rotatable bonds is 8. The summed E-state index contributed by atoms with van der Waals surface area (Å²) in [5, 5.41) is 35.8. The summed E-state index contributed by atoms with van der Waals surface area (Å²) in [6.07, 6.45) is -1.06. The van der Waals surface area contributed by atoms with Gasteiger partial charge in [0.15, 0.2) is 0 Å². The van der Waals surface area contributed by atoms with Crippen LogP contribution >= 0.6 is 11.3 Å². The van der Waals surface area contributed by atoms with E-state index in [0.717, 1.165) is 38.3 Å². The van der Waals surface area contributed by atoms with Crippen LogP contribution in [-0.2, 0) is 4.79 Å². The molecule has 3 aromatic rings. The number of thiophene rings is 1. The van der Waals surface area contributed by atoms with Crippen molar-refractivity contribution >= 4 is 39.3 Å². The van der Waals surface area contributed by atoms with Crippen LogP contribution in [-0.4, -0.2) is 41.9 Å². The van der Waals surface area contributed by atoms with Gasteiger partial charge in [-0.05, 0) is 66.1 Å². The Morgan fingerprint density at radius 3 is 2.61 bits per heavy atom. The van der Waals surface area contributed by atoms with Crippen LogP contribution in [0.4, 0.5) is 5.69 Å². The number of allylic oxidation sites excluding steroid dienone is 1. The van der Waals surface area contributed by atoms with Gasteiger partial charge < -0.3 is 20.8 Å². The number of carbonyl (C=O) groups excluding carboxylic acids is 1. The highest BCUT2D eigenvalue weighted by Crippen LogP contribution is 2.34. The molecule has 1 atom stereocenters. The Morgan fingerprint density at radius 2 is 1.90 bits per heavy atom. The number of fused-ring (bicyclic) bond motifs is 1. The number of carbonyl (C=O) groups is 1. The molecule has 0 aliphatic carbocycles. The van der Waals surface area contributed by atoms with Crippen molar-refractivity contribution in [2.75, 3.05) is 25.0 Å². The molecule has 1 amide bonds. The Hall–Kier alpha value is -3.18. The Bertz CT molecular complexity index is 1160. The molecule has 0 saturated heterocycles. The SMILES string of the molecule is CCNc1ccc2cc(-c3ccc(C(C)=C(C#N)C(=O)NCC(O)CO)s3)ccc2c1. The molecule has 2 aromatic carbocycles. The third-order valence-electron chi connectivity index (χ3n) is 4.90. The van der Waals surface area contributed by atoms with Gasteiger partial charge >= 0.3 is 0 Å². The number of amides is 1. The number of aliphatic hydroxyl groups excluding tert-OH is 2. The molecular weight excluding hydrogens is 410 g/mol. The Morgan fingerprint density at radius 1 is 1.16 bits per heavy atom. The molecule has 6 nitrogen and oxygen atoms in total. The number of nitriles is 1. The quantitative estimate of drug-likeness (QED) is 0.318. The molecule has 31 heavy (non-hydrogen) atoms. The highest BCUT2D eigenvalue weighted by molar-refractivity contribution is 7.16. The van der Waals surface area contributed by atoms with Crippen LogP contribution in [0.1, 0.15) is 18.7 Å². The van der Waals surface area contributed by atoms with Gasteiger partial charge in [-0.1, -0.05) is 18.2 Å². The number of nitrogens with one attached hydrogen (secondary N) is 2. The van der Waals surface area contributed by atoms with E-state index < -0.39 is 18.6 Å². The summed E-state index contributed by atoms with van der Waals surface area (Å²) in [4.78, 5) is 14.2. The van der Waals surface area contributed by atoms with Crippen molar-refractivity contribution in [1.82, 2.24) is 5.32 Å². The van der Waals surface area contributed by atoms with E-state index in [1.54, 1.807) is 6.92 Å². The number of nitrogens with zero attached hydrogens (tertiary/aromatic N) is 1. The fourth-order valence-corrected chi connectivity index (χ4v) is 4.21. The van der Waals surface area contributed by atoms with E-state index in [1.807, 2.05) is 18.2 Å². The molecule has 160 valence electrons. The Kier molecular flexibility index (Phi) is 7.42. The van der Waals surface area contributed by atoms with Crippen molar-refractivity contribution in [3.8, 4) is 16.5 Å². The van der Waals surface area contributed by atoms with Gasteiger partial charge in [0.05, 0.1) is 12.7 Å². The first-order valence-corrected chi connectivity index (χ1v) is 10.8.